The molecule has 23 nitrogen and oxygen atoms in total. The maximum Gasteiger partial charge on any atom is 0.325 e. The first kappa shape index (κ1) is 80.4. The lowest BCUT2D eigenvalue weighted by atomic mass is 9.78. The largest absolute Gasteiger partial charge is 0.468 e. The number of cyclic esters (lactones) is 1. The van der Waals surface area contributed by atoms with Crippen molar-refractivity contribution in [2.45, 2.75) is 202 Å². The number of hydrogen-bond donors (Lipinski definition) is 5. The van der Waals surface area contributed by atoms with Gasteiger partial charge in [-0.15, -0.1) is 0 Å². The second-order valence-electron chi connectivity index (χ2n) is 30.2. The lowest BCUT2D eigenvalue weighted by Gasteiger charge is -2.35. The van der Waals surface area contributed by atoms with Gasteiger partial charge in [0.1, 0.15) is 48.2 Å². The number of aromatic nitrogens is 2. The molecule has 542 valence electrons. The topological polar surface area (TPSA) is 292 Å². The van der Waals surface area contributed by atoms with Crippen LogP contribution in [0.3, 0.4) is 0 Å². The number of ether oxygens (including phenoxy) is 5. The van der Waals surface area contributed by atoms with Crippen molar-refractivity contribution >= 4 is 103 Å². The normalized spacial score (nSPS) is 22.5. The number of esters is 3. The summed E-state index contributed by atoms with van der Waals surface area (Å²) in [4.78, 5) is 128. The third-order valence-corrected chi connectivity index (χ3v) is 21.5. The van der Waals surface area contributed by atoms with Gasteiger partial charge in [-0.05, 0) is 127 Å². The maximum absolute atomic E-state index is 14.1. The Kier molecular flexibility index (Phi) is 29.0. The highest BCUT2D eigenvalue weighted by molar-refractivity contribution is 6.76. The molecule has 2 aromatic carbocycles. The number of rotatable bonds is 22. The summed E-state index contributed by atoms with van der Waals surface area (Å²) in [6.07, 6.45) is 8.52. The van der Waals surface area contributed by atoms with Crippen molar-refractivity contribution in [3.63, 3.8) is 0 Å². The fourth-order valence-corrected chi connectivity index (χ4v) is 12.9. The zero-order valence-corrected chi connectivity index (χ0v) is 63.6. The molecule has 5 N–H and O–H groups in total. The molecule has 5 heterocycles. The predicted molar refractivity (Wildman–Crippen MR) is 388 cm³/mol. The second kappa shape index (κ2) is 35.7. The maximum atomic E-state index is 14.1. The molecule has 7 rings (SSSR count). The van der Waals surface area contributed by atoms with E-state index in [0.29, 0.717) is 68.9 Å². The van der Waals surface area contributed by atoms with Crippen molar-refractivity contribution in [2.75, 3.05) is 46.6 Å². The molecule has 3 aliphatic heterocycles. The Labute approximate surface area is 586 Å². The van der Waals surface area contributed by atoms with Crippen LogP contribution in [0.25, 0.3) is 34.0 Å². The quantitative estimate of drug-likeness (QED) is 0.0212. The summed E-state index contributed by atoms with van der Waals surface area (Å²) in [5.74, 6) is -4.57. The van der Waals surface area contributed by atoms with E-state index in [9.17, 15) is 43.2 Å². The van der Waals surface area contributed by atoms with Gasteiger partial charge in [-0.1, -0.05) is 128 Å². The van der Waals surface area contributed by atoms with Crippen LogP contribution in [0.5, 0.6) is 0 Å². The van der Waals surface area contributed by atoms with Crippen LogP contribution in [0, 0.1) is 28.6 Å². The summed E-state index contributed by atoms with van der Waals surface area (Å²) < 4.78 is 28.2. The van der Waals surface area contributed by atoms with E-state index in [1.807, 2.05) is 114 Å². The minimum Gasteiger partial charge on any atom is -0.468 e. The molecule has 2 fully saturated rings. The van der Waals surface area contributed by atoms with Crippen LogP contribution >= 0.6 is 0 Å². The second-order valence-corrected chi connectivity index (χ2v) is 41.5. The van der Waals surface area contributed by atoms with Crippen molar-refractivity contribution in [3.05, 3.63) is 95.3 Å². The highest BCUT2D eigenvalue weighted by atomic mass is 28.3. The molecular weight excluding hydrogens is 1300 g/mol. The van der Waals surface area contributed by atoms with Crippen LogP contribution < -0.4 is 26.8 Å². The average molecular weight is 1400 g/mol. The van der Waals surface area contributed by atoms with E-state index in [0.717, 1.165) is 39.5 Å². The Morgan fingerprint density at radius 1 is 0.808 bits per heavy atom. The minimum atomic E-state index is -1.39. The molecule has 0 spiro atoms. The number of carbonyl (C=O) groups is 9. The van der Waals surface area contributed by atoms with E-state index in [2.05, 4.69) is 66.1 Å². The Balaban J connectivity index is 0.000000314. The summed E-state index contributed by atoms with van der Waals surface area (Å²) in [5, 5.41) is 13.1. The van der Waals surface area contributed by atoms with Crippen LogP contribution in [0.2, 0.25) is 51.4 Å². The van der Waals surface area contributed by atoms with Crippen molar-refractivity contribution in [2.24, 2.45) is 28.6 Å². The van der Waals surface area contributed by atoms with Gasteiger partial charge in [-0.3, -0.25) is 53.2 Å². The minimum absolute atomic E-state index is 0.000958. The lowest BCUT2D eigenvalue weighted by molar-refractivity contribution is -0.157. The van der Waals surface area contributed by atoms with Crippen molar-refractivity contribution < 1.29 is 66.8 Å². The summed E-state index contributed by atoms with van der Waals surface area (Å²) in [7, 11) is -1.44. The van der Waals surface area contributed by atoms with Gasteiger partial charge in [0.05, 0.1) is 53.6 Å². The van der Waals surface area contributed by atoms with Gasteiger partial charge in [-0.2, -0.15) is 0 Å². The zero-order chi connectivity index (χ0) is 73.3. The van der Waals surface area contributed by atoms with Gasteiger partial charge in [0, 0.05) is 72.5 Å². The Morgan fingerprint density at radius 3 is 2.09 bits per heavy atom. The van der Waals surface area contributed by atoms with E-state index in [1.165, 1.54) is 24.1 Å². The Bertz CT molecular complexity index is 3590. The fraction of sp³-hybridized carbons (Fsp3) is 0.581. The zero-order valence-electron chi connectivity index (χ0n) is 61.6. The molecule has 4 aromatic rings. The number of hydrogen-bond acceptors (Lipinski definition) is 18. The number of Topliss-reactive ketones (excluding diaryl/α,β-unsaturated/α-hetero) is 1. The fourth-order valence-electron chi connectivity index (χ4n) is 11.4. The van der Waals surface area contributed by atoms with Crippen LogP contribution in [-0.2, 0) is 66.8 Å². The third kappa shape index (κ3) is 23.8. The first-order chi connectivity index (χ1) is 46.4. The highest BCUT2D eigenvalue weighted by Gasteiger charge is 2.40. The molecule has 5 amide bonds. The van der Waals surface area contributed by atoms with Gasteiger partial charge in [0.2, 0.25) is 17.7 Å². The SMILES string of the molecule is CC(C)[C@@H]1CC(=O)[C@@](C)(COCC[Si](C)(C)C)/C=C/c2ccc3ccc(nc3c2)[C@@H](C)OC(=O)[C@@H]2CCCN(N2)C(=O)[C@H](C)NC1=O.COC(=O)[C@@H]1CCCN(C(=O)[C@H](C)NC(=O)[C@@H](NC(=O)[C@](C)(/C=C/c2ccc3ccc([C@@H](C)OC(C)=O)nc3c2)COCC[Si](C)(C)C)C(C)C)N1. The third-order valence-electron chi connectivity index (χ3n) is 18.1. The van der Waals surface area contributed by atoms with Gasteiger partial charge < -0.3 is 39.6 Å². The summed E-state index contributed by atoms with van der Waals surface area (Å²) >= 11 is 0. The molecule has 5 bridgehead atoms. The monoisotopic (exact) mass is 1400 g/mol. The van der Waals surface area contributed by atoms with E-state index in [4.69, 9.17) is 33.7 Å². The number of benzene rings is 2. The van der Waals surface area contributed by atoms with E-state index >= 15 is 0 Å². The molecule has 2 aromatic heterocycles. The van der Waals surface area contributed by atoms with Crippen LogP contribution in [0.4, 0.5) is 0 Å². The Morgan fingerprint density at radius 2 is 1.44 bits per heavy atom. The molecule has 10 atom stereocenters. The summed E-state index contributed by atoms with van der Waals surface area (Å²) in [6.45, 7) is 34.9. The van der Waals surface area contributed by atoms with E-state index in [-0.39, 0.29) is 55.0 Å². The first-order valence-electron chi connectivity index (χ1n) is 34.8. The first-order valence-corrected chi connectivity index (χ1v) is 42.2. The number of pyridine rings is 2. The average Bonchev–Trinajstić information content (AvgIpc) is 1.27. The van der Waals surface area contributed by atoms with Crippen molar-refractivity contribution in [3.8, 4) is 0 Å². The van der Waals surface area contributed by atoms with Crippen LogP contribution in [-0.4, -0.2) is 166 Å². The van der Waals surface area contributed by atoms with Crippen molar-refractivity contribution in [1.29, 1.82) is 0 Å². The number of fused-ring (bicyclic) bond motifs is 5. The number of hydrazine groups is 2. The molecule has 0 radical (unpaired) electrons. The van der Waals surface area contributed by atoms with Gasteiger partial charge >= 0.3 is 17.9 Å². The standard InChI is InChI=1S/C38H57N5O8Si.C36H52N4O6Si/c1-24(2)33(34(45)39-25(3)35(46)43-19-11-12-31(42-43)36(47)49-7)41-37(48)38(6,23-50-20-21-52(8,9)10)18-17-28-13-14-29-15-16-30(40-32(29)22-28)26(4)51-27(5)44;1-23(2)28-21-32(41)36(5,22-45-18-19-47(6,7)8)16-15-26-11-12-27-13-14-29(38-31(27)20-26)25(4)46-35(44)30-10-9-17-40(39-30)34(43)24(3)37-33(28)42/h13-18,22,24-26,31,33,42H,11-12,19-21,23H2,1-10H3,(H,39,45)(H,41,48);11-16,20,23-25,28,30,39H,9-10,17-19,21-22H2,1-8H3,(H,37,42)/b18-17+;16-15+/t25-,26+,31-,33-,38+;24-,25+,28-,30-,36+/m00/s1. The molecule has 3 aliphatic rings. The smallest absolute Gasteiger partial charge is 0.325 e. The molecule has 25 heteroatoms. The molecule has 99 heavy (non-hydrogen) atoms. The number of nitrogens with zero attached hydrogens (tertiary/aromatic N) is 4. The predicted octanol–water partition coefficient (Wildman–Crippen LogP) is 10.0. The molecule has 0 aliphatic carbocycles. The molecule has 0 saturated carbocycles. The molecule has 2 saturated heterocycles. The van der Waals surface area contributed by atoms with E-state index < -0.39 is 105 Å². The lowest BCUT2D eigenvalue weighted by Crippen LogP contribution is -2.61. The van der Waals surface area contributed by atoms with E-state index in [1.54, 1.807) is 40.7 Å². The number of carbonyl (C=O) groups excluding carboxylic acids is 9. The van der Waals surface area contributed by atoms with Crippen LogP contribution in [0.15, 0.2) is 72.8 Å². The number of ketones is 1. The number of nitrogens with one attached hydrogen (secondary N) is 5. The molecule has 0 unspecified atom stereocenters. The van der Waals surface area contributed by atoms with Crippen molar-refractivity contribution in [1.82, 2.24) is 46.8 Å². The number of amides is 5. The number of methoxy groups -OCH3 is 1. The highest BCUT2D eigenvalue weighted by Crippen LogP contribution is 2.32. The summed E-state index contributed by atoms with van der Waals surface area (Å²) in [5.41, 5.74) is 8.07. The molecular formula is C74H109N9O14Si2. The summed E-state index contributed by atoms with van der Waals surface area (Å²) in [6, 6.07) is 17.0. The Hall–Kier alpha value is -7.56. The van der Waals surface area contributed by atoms with Gasteiger partial charge in [0.25, 0.3) is 11.8 Å². The van der Waals surface area contributed by atoms with Gasteiger partial charge in [-0.25, -0.2) is 20.8 Å². The van der Waals surface area contributed by atoms with Gasteiger partial charge in [0.15, 0.2) is 0 Å². The van der Waals surface area contributed by atoms with Crippen LogP contribution in [0.1, 0.15) is 143 Å².